The molecular weight excluding hydrogens is 176 g/mol. The molecule has 14 heavy (non-hydrogen) atoms. The van der Waals surface area contributed by atoms with Crippen molar-refractivity contribution in [2.45, 2.75) is 44.7 Å². The monoisotopic (exact) mass is 200 g/mol. The first kappa shape index (κ1) is 12.0. The molecule has 0 saturated carbocycles. The van der Waals surface area contributed by atoms with Crippen LogP contribution < -0.4 is 5.73 Å². The Bertz CT molecular complexity index is 169. The highest BCUT2D eigenvalue weighted by Crippen LogP contribution is 2.34. The molecule has 1 unspecified atom stereocenters. The van der Waals surface area contributed by atoms with Gasteiger partial charge in [-0.15, -0.1) is 0 Å². The quantitative estimate of drug-likeness (QED) is 0.725. The number of hydrogen-bond acceptors (Lipinski definition) is 3. The molecule has 1 rings (SSSR count). The second kappa shape index (κ2) is 5.10. The maximum atomic E-state index is 6.21. The zero-order valence-corrected chi connectivity index (χ0v) is 9.75. The molecule has 1 fully saturated rings. The zero-order valence-electron chi connectivity index (χ0n) is 9.75. The minimum absolute atomic E-state index is 0.235. The Morgan fingerprint density at radius 2 is 2.07 bits per heavy atom. The molecule has 84 valence electrons. The van der Waals surface area contributed by atoms with Crippen LogP contribution in [0.1, 0.15) is 33.1 Å². The summed E-state index contributed by atoms with van der Waals surface area (Å²) >= 11 is 0. The summed E-state index contributed by atoms with van der Waals surface area (Å²) in [6, 6.07) is 0.342. The summed E-state index contributed by atoms with van der Waals surface area (Å²) in [5.74, 6) is 0. The zero-order chi connectivity index (χ0) is 10.6. The molecule has 0 aromatic heterocycles. The van der Waals surface area contributed by atoms with Crippen molar-refractivity contribution in [1.82, 2.24) is 4.90 Å². The van der Waals surface area contributed by atoms with Gasteiger partial charge < -0.3 is 10.5 Å². The van der Waals surface area contributed by atoms with Crippen molar-refractivity contribution in [2.75, 3.05) is 26.8 Å². The predicted octanol–water partition coefficient (Wildman–Crippen LogP) is 1.22. The molecule has 2 N–H and O–H groups in total. The fraction of sp³-hybridized carbons (Fsp3) is 1.00. The fourth-order valence-electron chi connectivity index (χ4n) is 2.78. The van der Waals surface area contributed by atoms with Crippen molar-refractivity contribution in [2.24, 2.45) is 5.73 Å². The number of ether oxygens (including phenoxy) is 1. The first-order valence-corrected chi connectivity index (χ1v) is 5.70. The van der Waals surface area contributed by atoms with Crippen molar-refractivity contribution >= 4 is 0 Å². The van der Waals surface area contributed by atoms with Gasteiger partial charge in [0, 0.05) is 31.8 Å². The Morgan fingerprint density at radius 3 is 2.57 bits per heavy atom. The SMILES string of the molecule is CCC1(CC)C(N)CCN1CCOC. The van der Waals surface area contributed by atoms with Gasteiger partial charge in [-0.05, 0) is 19.3 Å². The van der Waals surface area contributed by atoms with E-state index in [1.165, 1.54) is 0 Å². The smallest absolute Gasteiger partial charge is 0.0589 e. The van der Waals surface area contributed by atoms with Crippen LogP contribution in [0.2, 0.25) is 0 Å². The lowest BCUT2D eigenvalue weighted by atomic mass is 9.86. The first-order chi connectivity index (χ1) is 6.71. The van der Waals surface area contributed by atoms with Gasteiger partial charge in [0.25, 0.3) is 0 Å². The fourth-order valence-corrected chi connectivity index (χ4v) is 2.78. The summed E-state index contributed by atoms with van der Waals surface area (Å²) < 4.78 is 5.14. The van der Waals surface area contributed by atoms with Gasteiger partial charge in [0.05, 0.1) is 6.61 Å². The van der Waals surface area contributed by atoms with Crippen molar-refractivity contribution in [1.29, 1.82) is 0 Å². The average Bonchev–Trinajstić information content (AvgIpc) is 2.53. The lowest BCUT2D eigenvalue weighted by Crippen LogP contribution is -2.53. The summed E-state index contributed by atoms with van der Waals surface area (Å²) in [7, 11) is 1.76. The van der Waals surface area contributed by atoms with E-state index < -0.39 is 0 Å². The lowest BCUT2D eigenvalue weighted by Gasteiger charge is -2.40. The number of rotatable bonds is 5. The van der Waals surface area contributed by atoms with Gasteiger partial charge in [0.2, 0.25) is 0 Å². The molecule has 3 nitrogen and oxygen atoms in total. The molecule has 1 aliphatic heterocycles. The van der Waals surface area contributed by atoms with Gasteiger partial charge in [-0.1, -0.05) is 13.8 Å². The topological polar surface area (TPSA) is 38.5 Å². The van der Waals surface area contributed by atoms with Crippen LogP contribution in [0.3, 0.4) is 0 Å². The molecule has 3 heteroatoms. The molecule has 0 spiro atoms. The van der Waals surface area contributed by atoms with Crippen LogP contribution in [0.15, 0.2) is 0 Å². The average molecular weight is 200 g/mol. The van der Waals surface area contributed by atoms with Gasteiger partial charge in [-0.25, -0.2) is 0 Å². The number of likely N-dealkylation sites (tertiary alicyclic amines) is 1. The predicted molar refractivity (Wildman–Crippen MR) is 59.4 cm³/mol. The Kier molecular flexibility index (Phi) is 4.35. The first-order valence-electron chi connectivity index (χ1n) is 5.70. The standard InChI is InChI=1S/C11H24N2O/c1-4-11(5-2)10(12)6-7-13(11)8-9-14-3/h10H,4-9,12H2,1-3H3. The Morgan fingerprint density at radius 1 is 1.43 bits per heavy atom. The van der Waals surface area contributed by atoms with E-state index in [2.05, 4.69) is 18.7 Å². The molecule has 0 aliphatic carbocycles. The van der Waals surface area contributed by atoms with Crippen LogP contribution in [-0.2, 0) is 4.74 Å². The van der Waals surface area contributed by atoms with Crippen LogP contribution in [0.25, 0.3) is 0 Å². The Labute approximate surface area is 87.6 Å². The van der Waals surface area contributed by atoms with Crippen molar-refractivity contribution in [3.63, 3.8) is 0 Å². The highest BCUT2D eigenvalue weighted by atomic mass is 16.5. The van der Waals surface area contributed by atoms with Gasteiger partial charge >= 0.3 is 0 Å². The van der Waals surface area contributed by atoms with Gasteiger partial charge in [-0.3, -0.25) is 4.90 Å². The van der Waals surface area contributed by atoms with E-state index in [1.54, 1.807) is 7.11 Å². The number of hydrogen-bond donors (Lipinski definition) is 1. The van der Waals surface area contributed by atoms with Crippen molar-refractivity contribution in [3.8, 4) is 0 Å². The third-order valence-electron chi connectivity index (χ3n) is 3.82. The van der Waals surface area contributed by atoms with E-state index in [0.29, 0.717) is 6.04 Å². The largest absolute Gasteiger partial charge is 0.383 e. The maximum absolute atomic E-state index is 6.21. The summed E-state index contributed by atoms with van der Waals surface area (Å²) in [4.78, 5) is 2.52. The third-order valence-corrected chi connectivity index (χ3v) is 3.82. The number of nitrogens with zero attached hydrogens (tertiary/aromatic N) is 1. The van der Waals surface area contributed by atoms with E-state index in [0.717, 1.165) is 39.0 Å². The normalized spacial score (nSPS) is 27.0. The molecule has 0 radical (unpaired) electrons. The molecule has 0 amide bonds. The van der Waals surface area contributed by atoms with E-state index in [1.807, 2.05) is 0 Å². The lowest BCUT2D eigenvalue weighted by molar-refractivity contribution is 0.0761. The van der Waals surface area contributed by atoms with E-state index >= 15 is 0 Å². The van der Waals surface area contributed by atoms with Crippen molar-refractivity contribution in [3.05, 3.63) is 0 Å². The molecule has 0 aromatic rings. The summed E-state index contributed by atoms with van der Waals surface area (Å²) in [6.45, 7) is 7.45. The highest BCUT2D eigenvalue weighted by molar-refractivity contribution is 5.02. The second-order valence-corrected chi connectivity index (χ2v) is 4.19. The third kappa shape index (κ3) is 1.95. The molecule has 1 atom stereocenters. The maximum Gasteiger partial charge on any atom is 0.0589 e. The number of nitrogens with two attached hydrogens (primary N) is 1. The molecule has 0 bridgehead atoms. The second-order valence-electron chi connectivity index (χ2n) is 4.19. The Hall–Kier alpha value is -0.120. The van der Waals surface area contributed by atoms with Crippen molar-refractivity contribution < 1.29 is 4.74 Å². The van der Waals surface area contributed by atoms with E-state index in [-0.39, 0.29) is 5.54 Å². The summed E-state index contributed by atoms with van der Waals surface area (Å²) in [6.07, 6.45) is 3.42. The summed E-state index contributed by atoms with van der Waals surface area (Å²) in [5, 5.41) is 0. The molecule has 1 aliphatic rings. The molecule has 1 saturated heterocycles. The van der Waals surface area contributed by atoms with Crippen LogP contribution >= 0.6 is 0 Å². The minimum Gasteiger partial charge on any atom is -0.383 e. The van der Waals surface area contributed by atoms with Gasteiger partial charge in [0.1, 0.15) is 0 Å². The number of methoxy groups -OCH3 is 1. The van der Waals surface area contributed by atoms with E-state index in [9.17, 15) is 0 Å². The van der Waals surface area contributed by atoms with Crippen LogP contribution in [0.5, 0.6) is 0 Å². The van der Waals surface area contributed by atoms with Gasteiger partial charge in [-0.2, -0.15) is 0 Å². The van der Waals surface area contributed by atoms with E-state index in [4.69, 9.17) is 10.5 Å². The molecule has 0 aromatic carbocycles. The minimum atomic E-state index is 0.235. The Balaban J connectivity index is 2.64. The summed E-state index contributed by atoms with van der Waals surface area (Å²) in [5.41, 5.74) is 6.45. The molecular formula is C11H24N2O. The molecule has 1 heterocycles. The van der Waals surface area contributed by atoms with Crippen LogP contribution in [0.4, 0.5) is 0 Å². The highest BCUT2D eigenvalue weighted by Gasteiger charge is 2.43. The van der Waals surface area contributed by atoms with Crippen LogP contribution in [-0.4, -0.2) is 43.3 Å². The van der Waals surface area contributed by atoms with Gasteiger partial charge in [0.15, 0.2) is 0 Å². The van der Waals surface area contributed by atoms with Crippen LogP contribution in [0, 0.1) is 0 Å².